The number of hydrogen-bond acceptors (Lipinski definition) is 7. The van der Waals surface area contributed by atoms with Crippen molar-refractivity contribution in [3.05, 3.63) is 52.4 Å². The van der Waals surface area contributed by atoms with Gasteiger partial charge in [0.15, 0.2) is 0 Å². The van der Waals surface area contributed by atoms with E-state index in [9.17, 15) is 19.7 Å². The van der Waals surface area contributed by atoms with Crippen molar-refractivity contribution in [2.45, 2.75) is 13.3 Å². The molecule has 1 heterocycles. The third-order valence-corrected chi connectivity index (χ3v) is 3.20. The zero-order chi connectivity index (χ0) is 19.1. The minimum Gasteiger partial charge on any atom is -0.352 e. The molecule has 0 unspecified atom stereocenters. The van der Waals surface area contributed by atoms with E-state index in [0.717, 1.165) is 4.80 Å². The molecule has 2 amide bonds. The van der Waals surface area contributed by atoms with E-state index in [1.54, 1.807) is 13.0 Å². The van der Waals surface area contributed by atoms with Gasteiger partial charge >= 0.3 is 0 Å². The molecule has 0 aliphatic carbocycles. The Morgan fingerprint density at radius 3 is 2.73 bits per heavy atom. The smallest absolute Gasteiger partial charge is 0.292 e. The normalized spacial score (nSPS) is 10.2. The van der Waals surface area contributed by atoms with E-state index < -0.39 is 10.8 Å². The number of nitro groups is 1. The number of aromatic nitrogens is 4. The molecule has 26 heavy (non-hydrogen) atoms. The van der Waals surface area contributed by atoms with E-state index in [1.807, 2.05) is 0 Å². The average Bonchev–Trinajstić information content (AvgIpc) is 3.11. The number of rotatable bonds is 8. The van der Waals surface area contributed by atoms with Crippen molar-refractivity contribution in [3.8, 4) is 5.69 Å². The Hall–Kier alpha value is -3.63. The molecule has 0 spiro atoms. The van der Waals surface area contributed by atoms with Crippen molar-refractivity contribution >= 4 is 17.5 Å². The van der Waals surface area contributed by atoms with Gasteiger partial charge in [0.05, 0.1) is 10.6 Å². The SMILES string of the molecule is C=C(C)C(=O)NCCCNC(=O)c1nnn(-c2cccc([N+](=O)[O-])c2)n1. The highest BCUT2D eigenvalue weighted by Gasteiger charge is 2.14. The lowest BCUT2D eigenvalue weighted by Crippen LogP contribution is -2.30. The van der Waals surface area contributed by atoms with Gasteiger partial charge in [0.1, 0.15) is 0 Å². The molecule has 11 heteroatoms. The van der Waals surface area contributed by atoms with E-state index in [1.165, 1.54) is 18.2 Å². The summed E-state index contributed by atoms with van der Waals surface area (Å²) in [5, 5.41) is 27.3. The molecule has 2 N–H and O–H groups in total. The predicted molar refractivity (Wildman–Crippen MR) is 90.6 cm³/mol. The van der Waals surface area contributed by atoms with Gasteiger partial charge < -0.3 is 10.6 Å². The number of amides is 2. The van der Waals surface area contributed by atoms with Gasteiger partial charge in [-0.3, -0.25) is 19.7 Å². The van der Waals surface area contributed by atoms with Crippen LogP contribution >= 0.6 is 0 Å². The first kappa shape index (κ1) is 18.7. The van der Waals surface area contributed by atoms with Crippen LogP contribution in [0.3, 0.4) is 0 Å². The molecule has 0 radical (unpaired) electrons. The molecule has 2 rings (SSSR count). The highest BCUT2D eigenvalue weighted by atomic mass is 16.6. The number of nitrogens with zero attached hydrogens (tertiary/aromatic N) is 5. The molecule has 0 saturated carbocycles. The lowest BCUT2D eigenvalue weighted by Gasteiger charge is -2.05. The Bertz CT molecular complexity index is 846. The van der Waals surface area contributed by atoms with Gasteiger partial charge in [0.2, 0.25) is 5.91 Å². The van der Waals surface area contributed by atoms with Crippen LogP contribution < -0.4 is 10.6 Å². The third kappa shape index (κ3) is 4.93. The predicted octanol–water partition coefficient (Wildman–Crippen LogP) is 0.383. The van der Waals surface area contributed by atoms with Crippen molar-refractivity contribution in [2.75, 3.05) is 13.1 Å². The van der Waals surface area contributed by atoms with Gasteiger partial charge in [-0.05, 0) is 24.6 Å². The summed E-state index contributed by atoms with van der Waals surface area (Å²) < 4.78 is 0. The fraction of sp³-hybridized carbons (Fsp3) is 0.267. The first-order chi connectivity index (χ1) is 12.4. The van der Waals surface area contributed by atoms with E-state index in [0.29, 0.717) is 30.8 Å². The summed E-state index contributed by atoms with van der Waals surface area (Å²) in [6.07, 6.45) is 0.518. The van der Waals surface area contributed by atoms with Crippen LogP contribution in [0.4, 0.5) is 5.69 Å². The van der Waals surface area contributed by atoms with Crippen LogP contribution in [-0.4, -0.2) is 50.0 Å². The summed E-state index contributed by atoms with van der Waals surface area (Å²) >= 11 is 0. The summed E-state index contributed by atoms with van der Waals surface area (Å²) in [4.78, 5) is 34.6. The number of carbonyl (C=O) groups excluding carboxylic acids is 2. The lowest BCUT2D eigenvalue weighted by molar-refractivity contribution is -0.384. The molecular weight excluding hydrogens is 342 g/mol. The van der Waals surface area contributed by atoms with Gasteiger partial charge in [-0.15, -0.1) is 15.0 Å². The third-order valence-electron chi connectivity index (χ3n) is 3.20. The van der Waals surface area contributed by atoms with Gasteiger partial charge in [-0.25, -0.2) is 0 Å². The maximum absolute atomic E-state index is 12.0. The average molecular weight is 359 g/mol. The van der Waals surface area contributed by atoms with E-state index >= 15 is 0 Å². The second-order valence-corrected chi connectivity index (χ2v) is 5.33. The fourth-order valence-corrected chi connectivity index (χ4v) is 1.87. The summed E-state index contributed by atoms with van der Waals surface area (Å²) in [5.74, 6) is -0.937. The van der Waals surface area contributed by atoms with Crippen LogP contribution in [0, 0.1) is 10.1 Å². The number of non-ortho nitro benzene ring substituents is 1. The Labute approximate surface area is 148 Å². The van der Waals surface area contributed by atoms with Crippen molar-refractivity contribution in [1.82, 2.24) is 30.8 Å². The summed E-state index contributed by atoms with van der Waals surface area (Å²) in [7, 11) is 0. The fourth-order valence-electron chi connectivity index (χ4n) is 1.87. The first-order valence-corrected chi connectivity index (χ1v) is 7.65. The summed E-state index contributed by atoms with van der Waals surface area (Å²) in [5.41, 5.74) is 0.604. The number of tetrazole rings is 1. The minimum atomic E-state index is -0.541. The van der Waals surface area contributed by atoms with Crippen molar-refractivity contribution in [1.29, 1.82) is 0 Å². The molecule has 0 saturated heterocycles. The maximum atomic E-state index is 12.0. The molecular formula is C15H17N7O4. The quantitative estimate of drug-likeness (QED) is 0.300. The number of benzene rings is 1. The van der Waals surface area contributed by atoms with Crippen LogP contribution in [0.2, 0.25) is 0 Å². The number of nitrogens with one attached hydrogen (secondary N) is 2. The zero-order valence-corrected chi connectivity index (χ0v) is 14.0. The number of carbonyl (C=O) groups is 2. The van der Waals surface area contributed by atoms with Gasteiger partial charge in [0, 0.05) is 30.8 Å². The standard InChI is InChI=1S/C15H17N7O4/c1-10(2)14(23)16-7-4-8-17-15(24)13-18-20-21(19-13)11-5-3-6-12(9-11)22(25)26/h3,5-6,9H,1,4,7-8H2,2H3,(H,16,23)(H,17,24). The minimum absolute atomic E-state index is 0.123. The van der Waals surface area contributed by atoms with Crippen molar-refractivity contribution in [3.63, 3.8) is 0 Å². The lowest BCUT2D eigenvalue weighted by atomic mass is 10.3. The van der Waals surface area contributed by atoms with Gasteiger partial charge in [-0.2, -0.15) is 0 Å². The molecule has 0 aliphatic heterocycles. The Morgan fingerprint density at radius 1 is 1.31 bits per heavy atom. The zero-order valence-electron chi connectivity index (χ0n) is 14.0. The van der Waals surface area contributed by atoms with Crippen LogP contribution in [0.1, 0.15) is 24.0 Å². The molecule has 136 valence electrons. The maximum Gasteiger partial charge on any atom is 0.292 e. The van der Waals surface area contributed by atoms with Crippen molar-refractivity contribution in [2.24, 2.45) is 0 Å². The van der Waals surface area contributed by atoms with E-state index in [2.05, 4.69) is 32.6 Å². The second kappa shape index (κ2) is 8.46. The molecule has 0 atom stereocenters. The van der Waals surface area contributed by atoms with Gasteiger partial charge in [-0.1, -0.05) is 12.6 Å². The second-order valence-electron chi connectivity index (χ2n) is 5.33. The molecule has 11 nitrogen and oxygen atoms in total. The Morgan fingerprint density at radius 2 is 2.04 bits per heavy atom. The van der Waals surface area contributed by atoms with Crippen LogP contribution in [-0.2, 0) is 4.79 Å². The number of nitro benzene ring substituents is 1. The topological polar surface area (TPSA) is 145 Å². The Kier molecular flexibility index (Phi) is 6.09. The largest absolute Gasteiger partial charge is 0.352 e. The van der Waals surface area contributed by atoms with E-state index in [-0.39, 0.29) is 17.4 Å². The molecule has 1 aromatic carbocycles. The molecule has 2 aromatic rings. The van der Waals surface area contributed by atoms with E-state index in [4.69, 9.17) is 0 Å². The van der Waals surface area contributed by atoms with Gasteiger partial charge in [0.25, 0.3) is 17.4 Å². The monoisotopic (exact) mass is 359 g/mol. The van der Waals surface area contributed by atoms with Crippen LogP contribution in [0.25, 0.3) is 5.69 Å². The molecule has 1 aromatic heterocycles. The highest BCUT2D eigenvalue weighted by Crippen LogP contribution is 2.14. The highest BCUT2D eigenvalue weighted by molar-refractivity contribution is 5.92. The van der Waals surface area contributed by atoms with Crippen molar-refractivity contribution < 1.29 is 14.5 Å². The number of hydrogen-bond donors (Lipinski definition) is 2. The molecule has 0 bridgehead atoms. The van der Waals surface area contributed by atoms with Crippen LogP contribution in [0.15, 0.2) is 36.4 Å². The Balaban J connectivity index is 1.88. The van der Waals surface area contributed by atoms with Crippen LogP contribution in [0.5, 0.6) is 0 Å². The summed E-state index contributed by atoms with van der Waals surface area (Å²) in [6, 6.07) is 5.64. The first-order valence-electron chi connectivity index (χ1n) is 7.65. The molecule has 0 fully saturated rings. The summed E-state index contributed by atoms with van der Waals surface area (Å²) in [6.45, 7) is 5.82. The molecule has 0 aliphatic rings.